The van der Waals surface area contributed by atoms with Gasteiger partial charge in [0.2, 0.25) is 0 Å². The van der Waals surface area contributed by atoms with Crippen molar-refractivity contribution in [2.45, 2.75) is 19.8 Å². The van der Waals surface area contributed by atoms with Crippen LogP contribution in [0, 0.1) is 0 Å². The number of methoxy groups -OCH3 is 1. The van der Waals surface area contributed by atoms with Crippen molar-refractivity contribution in [1.29, 1.82) is 0 Å². The second kappa shape index (κ2) is 5.31. The number of ether oxygens (including phenoxy) is 1. The smallest absolute Gasteiger partial charge is 0.178 e. The predicted molar refractivity (Wildman–Crippen MR) is 73.6 cm³/mol. The Labute approximate surface area is 110 Å². The molecule has 0 amide bonds. The summed E-state index contributed by atoms with van der Waals surface area (Å²) in [6, 6.07) is 6.08. The summed E-state index contributed by atoms with van der Waals surface area (Å²) in [5.74, 6) is 1.22. The molecule has 0 aliphatic carbocycles. The Kier molecular flexibility index (Phi) is 3.77. The summed E-state index contributed by atoms with van der Waals surface area (Å²) in [5, 5.41) is 2.37. The molecule has 3 nitrogen and oxygen atoms in total. The van der Waals surface area contributed by atoms with Crippen molar-refractivity contribution in [3.8, 4) is 17.0 Å². The summed E-state index contributed by atoms with van der Waals surface area (Å²) >= 11 is 1.34. The molecule has 94 valence electrons. The number of carbonyl (C=O) groups excluding carboxylic acids is 1. The SMILES string of the molecule is COc1ccc(C(C)C)cc1-c1csc(C=O)n1. The quantitative estimate of drug-likeness (QED) is 0.787. The first-order chi connectivity index (χ1) is 8.65. The highest BCUT2D eigenvalue weighted by atomic mass is 32.1. The maximum atomic E-state index is 10.7. The van der Waals surface area contributed by atoms with Crippen LogP contribution in [0.2, 0.25) is 0 Å². The number of carbonyl (C=O) groups is 1. The Morgan fingerprint density at radius 3 is 2.72 bits per heavy atom. The molecule has 0 atom stereocenters. The van der Waals surface area contributed by atoms with Gasteiger partial charge in [-0.05, 0) is 23.6 Å². The van der Waals surface area contributed by atoms with E-state index in [2.05, 4.69) is 31.0 Å². The molecule has 0 aliphatic rings. The number of hydrogen-bond acceptors (Lipinski definition) is 4. The fourth-order valence-electron chi connectivity index (χ4n) is 1.75. The van der Waals surface area contributed by atoms with Crippen LogP contribution in [-0.2, 0) is 0 Å². The Hall–Kier alpha value is -1.68. The van der Waals surface area contributed by atoms with Gasteiger partial charge in [0.15, 0.2) is 11.3 Å². The molecule has 0 N–H and O–H groups in total. The van der Waals surface area contributed by atoms with Crippen molar-refractivity contribution in [3.63, 3.8) is 0 Å². The van der Waals surface area contributed by atoms with Crippen LogP contribution in [0.3, 0.4) is 0 Å². The fraction of sp³-hybridized carbons (Fsp3) is 0.286. The third-order valence-electron chi connectivity index (χ3n) is 2.79. The summed E-state index contributed by atoms with van der Waals surface area (Å²) in [6.45, 7) is 4.28. The summed E-state index contributed by atoms with van der Waals surface area (Å²) in [4.78, 5) is 15.0. The minimum absolute atomic E-state index is 0.443. The topological polar surface area (TPSA) is 39.2 Å². The molecule has 0 spiro atoms. The van der Waals surface area contributed by atoms with Gasteiger partial charge in [-0.3, -0.25) is 4.79 Å². The molecule has 0 radical (unpaired) electrons. The molecule has 1 aromatic heterocycles. The number of aldehydes is 1. The van der Waals surface area contributed by atoms with Crippen LogP contribution in [0.1, 0.15) is 35.1 Å². The van der Waals surface area contributed by atoms with E-state index < -0.39 is 0 Å². The van der Waals surface area contributed by atoms with Crippen LogP contribution in [0.25, 0.3) is 11.3 Å². The third kappa shape index (κ3) is 2.43. The normalized spacial score (nSPS) is 10.7. The van der Waals surface area contributed by atoms with E-state index in [0.29, 0.717) is 10.9 Å². The first-order valence-electron chi connectivity index (χ1n) is 5.74. The Morgan fingerprint density at radius 1 is 1.39 bits per heavy atom. The molecule has 4 heteroatoms. The van der Waals surface area contributed by atoms with Gasteiger partial charge in [0.05, 0.1) is 12.8 Å². The lowest BCUT2D eigenvalue weighted by Crippen LogP contribution is -1.93. The lowest BCUT2D eigenvalue weighted by atomic mass is 9.99. The van der Waals surface area contributed by atoms with Crippen molar-refractivity contribution in [3.05, 3.63) is 34.2 Å². The molecule has 0 aliphatic heterocycles. The molecule has 18 heavy (non-hydrogen) atoms. The molecule has 2 rings (SSSR count). The molecular formula is C14H15NO2S. The molecule has 0 bridgehead atoms. The van der Waals surface area contributed by atoms with Crippen LogP contribution in [0.15, 0.2) is 23.6 Å². The zero-order valence-electron chi connectivity index (χ0n) is 10.6. The first-order valence-corrected chi connectivity index (χ1v) is 6.62. The highest BCUT2D eigenvalue weighted by Crippen LogP contribution is 2.33. The summed E-state index contributed by atoms with van der Waals surface area (Å²) < 4.78 is 5.35. The van der Waals surface area contributed by atoms with E-state index in [4.69, 9.17) is 4.74 Å². The van der Waals surface area contributed by atoms with Crippen LogP contribution in [0.5, 0.6) is 5.75 Å². The minimum atomic E-state index is 0.443. The van der Waals surface area contributed by atoms with E-state index in [1.807, 2.05) is 11.4 Å². The lowest BCUT2D eigenvalue weighted by molar-refractivity contribution is 0.112. The lowest BCUT2D eigenvalue weighted by Gasteiger charge is -2.11. The summed E-state index contributed by atoms with van der Waals surface area (Å²) in [6.07, 6.45) is 0.771. The second-order valence-electron chi connectivity index (χ2n) is 4.30. The number of rotatable bonds is 4. The molecule has 0 saturated carbocycles. The highest BCUT2D eigenvalue weighted by molar-refractivity contribution is 7.11. The van der Waals surface area contributed by atoms with Crippen LogP contribution in [-0.4, -0.2) is 18.4 Å². The van der Waals surface area contributed by atoms with E-state index in [1.54, 1.807) is 7.11 Å². The molecule has 2 aromatic rings. The van der Waals surface area contributed by atoms with Gasteiger partial charge in [0.1, 0.15) is 5.75 Å². The second-order valence-corrected chi connectivity index (χ2v) is 5.19. The number of hydrogen-bond donors (Lipinski definition) is 0. The molecule has 1 aromatic carbocycles. The Morgan fingerprint density at radius 2 is 2.17 bits per heavy atom. The number of nitrogens with zero attached hydrogens (tertiary/aromatic N) is 1. The van der Waals surface area contributed by atoms with Gasteiger partial charge >= 0.3 is 0 Å². The standard InChI is InChI=1S/C14H15NO2S/c1-9(2)10-4-5-13(17-3)11(6-10)12-8-18-14(7-16)15-12/h4-9H,1-3H3. The van der Waals surface area contributed by atoms with Gasteiger partial charge in [-0.2, -0.15) is 0 Å². The first kappa shape index (κ1) is 12.8. The number of aromatic nitrogens is 1. The van der Waals surface area contributed by atoms with Crippen molar-refractivity contribution in [1.82, 2.24) is 4.98 Å². The molecule has 0 saturated heterocycles. The Bertz CT molecular complexity index is 561. The van der Waals surface area contributed by atoms with E-state index in [-0.39, 0.29) is 0 Å². The van der Waals surface area contributed by atoms with Crippen LogP contribution in [0.4, 0.5) is 0 Å². The van der Waals surface area contributed by atoms with Gasteiger partial charge < -0.3 is 4.74 Å². The van der Waals surface area contributed by atoms with Crippen molar-refractivity contribution < 1.29 is 9.53 Å². The van der Waals surface area contributed by atoms with E-state index in [1.165, 1.54) is 16.9 Å². The zero-order chi connectivity index (χ0) is 13.1. The third-order valence-corrected chi connectivity index (χ3v) is 3.56. The van der Waals surface area contributed by atoms with Gasteiger partial charge in [-0.25, -0.2) is 4.98 Å². The fourth-order valence-corrected chi connectivity index (χ4v) is 2.37. The van der Waals surface area contributed by atoms with Crippen LogP contribution < -0.4 is 4.74 Å². The Balaban J connectivity index is 2.52. The largest absolute Gasteiger partial charge is 0.496 e. The van der Waals surface area contributed by atoms with Gasteiger partial charge in [0.25, 0.3) is 0 Å². The maximum absolute atomic E-state index is 10.7. The maximum Gasteiger partial charge on any atom is 0.178 e. The molecule has 0 fully saturated rings. The monoisotopic (exact) mass is 261 g/mol. The van der Waals surface area contributed by atoms with Gasteiger partial charge in [-0.15, -0.1) is 11.3 Å². The van der Waals surface area contributed by atoms with E-state index in [0.717, 1.165) is 23.3 Å². The van der Waals surface area contributed by atoms with Crippen molar-refractivity contribution in [2.24, 2.45) is 0 Å². The highest BCUT2D eigenvalue weighted by Gasteiger charge is 2.12. The van der Waals surface area contributed by atoms with Gasteiger partial charge in [-0.1, -0.05) is 19.9 Å². The van der Waals surface area contributed by atoms with E-state index in [9.17, 15) is 4.79 Å². The van der Waals surface area contributed by atoms with Gasteiger partial charge in [0, 0.05) is 10.9 Å². The average Bonchev–Trinajstić information content (AvgIpc) is 2.86. The van der Waals surface area contributed by atoms with Crippen molar-refractivity contribution in [2.75, 3.05) is 7.11 Å². The predicted octanol–water partition coefficient (Wildman–Crippen LogP) is 3.75. The van der Waals surface area contributed by atoms with E-state index >= 15 is 0 Å². The zero-order valence-corrected chi connectivity index (χ0v) is 11.5. The molecular weight excluding hydrogens is 246 g/mol. The molecule has 0 unspecified atom stereocenters. The van der Waals surface area contributed by atoms with Crippen LogP contribution >= 0.6 is 11.3 Å². The summed E-state index contributed by atoms with van der Waals surface area (Å²) in [5.41, 5.74) is 2.96. The minimum Gasteiger partial charge on any atom is -0.496 e. The summed E-state index contributed by atoms with van der Waals surface area (Å²) in [7, 11) is 1.64. The number of benzene rings is 1. The average molecular weight is 261 g/mol. The molecule has 1 heterocycles. The number of thiazole rings is 1. The van der Waals surface area contributed by atoms with Crippen molar-refractivity contribution >= 4 is 17.6 Å².